The molecule has 4 heteroatoms. The van der Waals surface area contributed by atoms with Crippen molar-refractivity contribution in [1.82, 2.24) is 0 Å². The Balaban J connectivity index is 0.00000280. The van der Waals surface area contributed by atoms with Crippen LogP contribution in [0.15, 0.2) is 73.3 Å². The Morgan fingerprint density at radius 3 is 2.07 bits per heavy atom. The molecule has 1 saturated heterocycles. The fourth-order valence-corrected chi connectivity index (χ4v) is 3.45. The Morgan fingerprint density at radius 2 is 1.54 bits per heavy atom. The van der Waals surface area contributed by atoms with Gasteiger partial charge < -0.3 is 26.4 Å². The lowest BCUT2D eigenvalue weighted by atomic mass is 10.0. The van der Waals surface area contributed by atoms with Crippen molar-refractivity contribution >= 4 is 0 Å². The number of halogens is 1. The lowest BCUT2D eigenvalue weighted by Gasteiger charge is -2.39. The van der Waals surface area contributed by atoms with E-state index in [0.717, 1.165) is 55.0 Å². The van der Waals surface area contributed by atoms with E-state index in [0.29, 0.717) is 6.61 Å². The summed E-state index contributed by atoms with van der Waals surface area (Å²) in [5, 5.41) is 0. The largest absolute Gasteiger partial charge is 1.00 e. The van der Waals surface area contributed by atoms with Gasteiger partial charge in [-0.05, 0) is 23.1 Å². The molecule has 2 aromatic rings. The van der Waals surface area contributed by atoms with Gasteiger partial charge >= 0.3 is 0 Å². The normalized spacial score (nSPS) is 15.2. The average molecular weight is 398 g/mol. The third-order valence-corrected chi connectivity index (χ3v) is 5.00. The van der Waals surface area contributed by atoms with Crippen LogP contribution in [-0.4, -0.2) is 50.5 Å². The first-order chi connectivity index (χ1) is 13.3. The van der Waals surface area contributed by atoms with Gasteiger partial charge in [0, 0.05) is 0 Å². The lowest BCUT2D eigenvalue weighted by molar-refractivity contribution is -0.923. The second-order valence-electron chi connectivity index (χ2n) is 6.90. The zero-order valence-corrected chi connectivity index (χ0v) is 17.0. The maximum absolute atomic E-state index is 6.17. The maximum atomic E-state index is 6.17. The van der Waals surface area contributed by atoms with Crippen LogP contribution in [0, 0.1) is 11.8 Å². The van der Waals surface area contributed by atoms with E-state index in [2.05, 4.69) is 42.7 Å². The summed E-state index contributed by atoms with van der Waals surface area (Å²) in [7, 11) is 0. The van der Waals surface area contributed by atoms with Crippen LogP contribution in [0.3, 0.4) is 0 Å². The molecule has 0 radical (unpaired) electrons. The highest BCUT2D eigenvalue weighted by Gasteiger charge is 2.27. The molecule has 0 aromatic heterocycles. The number of benzene rings is 2. The van der Waals surface area contributed by atoms with Crippen molar-refractivity contribution < 1.29 is 26.4 Å². The Kier molecular flexibility index (Phi) is 9.27. The lowest BCUT2D eigenvalue weighted by Crippen LogP contribution is -3.00. The van der Waals surface area contributed by atoms with Gasteiger partial charge in [-0.2, -0.15) is 0 Å². The van der Waals surface area contributed by atoms with Crippen molar-refractivity contribution in [2.75, 3.05) is 46.0 Å². The van der Waals surface area contributed by atoms with Crippen LogP contribution >= 0.6 is 0 Å². The molecular formula is C24H28ClNO2. The minimum Gasteiger partial charge on any atom is -1.00 e. The molecule has 0 unspecified atom stereocenters. The van der Waals surface area contributed by atoms with Gasteiger partial charge in [-0.3, -0.25) is 0 Å². The first-order valence-corrected chi connectivity index (χ1v) is 9.54. The molecule has 1 fully saturated rings. The summed E-state index contributed by atoms with van der Waals surface area (Å²) in [5.74, 6) is 6.56. The molecule has 0 amide bonds. The third-order valence-electron chi connectivity index (χ3n) is 5.00. The predicted molar refractivity (Wildman–Crippen MR) is 109 cm³/mol. The fraction of sp³-hybridized carbons (Fsp3) is 0.333. The molecule has 2 aromatic carbocycles. The summed E-state index contributed by atoms with van der Waals surface area (Å²) in [6.45, 7) is 9.68. The summed E-state index contributed by atoms with van der Waals surface area (Å²) >= 11 is 0. The van der Waals surface area contributed by atoms with E-state index in [-0.39, 0.29) is 18.5 Å². The van der Waals surface area contributed by atoms with Gasteiger partial charge in [0.1, 0.15) is 32.3 Å². The monoisotopic (exact) mass is 397 g/mol. The molecule has 1 heterocycles. The molecule has 0 N–H and O–H groups in total. The molecule has 0 atom stereocenters. The van der Waals surface area contributed by atoms with Crippen LogP contribution in [0.1, 0.15) is 17.2 Å². The molecule has 0 bridgehead atoms. The van der Waals surface area contributed by atoms with Gasteiger partial charge in [0.2, 0.25) is 0 Å². The first-order valence-electron chi connectivity index (χ1n) is 9.54. The van der Waals surface area contributed by atoms with Gasteiger partial charge in [-0.15, -0.1) is 0 Å². The minimum absolute atomic E-state index is 0. The second-order valence-corrected chi connectivity index (χ2v) is 6.90. The van der Waals surface area contributed by atoms with Crippen molar-refractivity contribution in [3.8, 4) is 11.8 Å². The fourth-order valence-electron chi connectivity index (χ4n) is 3.45. The van der Waals surface area contributed by atoms with Gasteiger partial charge in [0.05, 0.1) is 19.8 Å². The Hall–Kier alpha value is -2.09. The average Bonchev–Trinajstić information content (AvgIpc) is 2.73. The maximum Gasteiger partial charge on any atom is 0.141 e. The van der Waals surface area contributed by atoms with Crippen molar-refractivity contribution in [3.05, 3.63) is 84.4 Å². The standard InChI is InChI=1S/C24H28NO2.ClH/c1-2-15-25(17-20-26-21-18-25)16-9-10-19-27-24(22-11-5-3-6-12-22)23-13-7-4-8-14-23;/h2-8,11-14,24H,1,15-21H2;1H/q+1;/p-1. The van der Waals surface area contributed by atoms with Gasteiger partial charge in [0.15, 0.2) is 0 Å². The topological polar surface area (TPSA) is 18.5 Å². The minimum atomic E-state index is -0.0959. The summed E-state index contributed by atoms with van der Waals surface area (Å²) < 4.78 is 12.6. The van der Waals surface area contributed by atoms with Crippen molar-refractivity contribution in [3.63, 3.8) is 0 Å². The molecular weight excluding hydrogens is 370 g/mol. The number of ether oxygens (including phenoxy) is 2. The van der Waals surface area contributed by atoms with Crippen LogP contribution in [0.4, 0.5) is 0 Å². The van der Waals surface area contributed by atoms with Crippen molar-refractivity contribution in [2.24, 2.45) is 0 Å². The van der Waals surface area contributed by atoms with Gasteiger partial charge in [-0.25, -0.2) is 0 Å². The Morgan fingerprint density at radius 1 is 0.964 bits per heavy atom. The number of nitrogens with zero attached hydrogens (tertiary/aromatic N) is 1. The molecule has 0 spiro atoms. The van der Waals surface area contributed by atoms with Crippen molar-refractivity contribution in [2.45, 2.75) is 6.10 Å². The Labute approximate surface area is 175 Å². The van der Waals surface area contributed by atoms with Crippen LogP contribution in [0.5, 0.6) is 0 Å². The molecule has 0 saturated carbocycles. The van der Waals surface area contributed by atoms with E-state index >= 15 is 0 Å². The first kappa shape index (κ1) is 22.2. The summed E-state index contributed by atoms with van der Waals surface area (Å²) in [6, 6.07) is 20.6. The number of rotatable bonds is 7. The van der Waals surface area contributed by atoms with Gasteiger partial charge in [-0.1, -0.05) is 73.2 Å². The SMILES string of the molecule is C=CC[N+]1(CC#CCOC(c2ccccc2)c2ccccc2)CCOCC1.[Cl-]. The molecule has 28 heavy (non-hydrogen) atoms. The number of morpholine rings is 1. The third kappa shape index (κ3) is 6.22. The number of hydrogen-bond acceptors (Lipinski definition) is 2. The van der Waals surface area contributed by atoms with Crippen molar-refractivity contribution in [1.29, 1.82) is 0 Å². The highest BCUT2D eigenvalue weighted by atomic mass is 35.5. The zero-order valence-electron chi connectivity index (χ0n) is 16.2. The van der Waals surface area contributed by atoms with Crippen LogP contribution < -0.4 is 12.4 Å². The summed E-state index contributed by atoms with van der Waals surface area (Å²) in [5.41, 5.74) is 2.29. The zero-order chi connectivity index (χ0) is 18.8. The molecule has 0 aliphatic carbocycles. The van der Waals surface area contributed by atoms with E-state index in [9.17, 15) is 0 Å². The van der Waals surface area contributed by atoms with Crippen LogP contribution in [0.2, 0.25) is 0 Å². The van der Waals surface area contributed by atoms with E-state index in [1.807, 2.05) is 42.5 Å². The predicted octanol–water partition coefficient (Wildman–Crippen LogP) is 0.833. The molecule has 1 aliphatic rings. The van der Waals surface area contributed by atoms with Crippen LogP contribution in [-0.2, 0) is 9.47 Å². The Bertz CT molecular complexity index is 722. The van der Waals surface area contributed by atoms with E-state index in [1.165, 1.54) is 0 Å². The quantitative estimate of drug-likeness (QED) is 0.391. The molecule has 1 aliphatic heterocycles. The van der Waals surface area contributed by atoms with Crippen LogP contribution in [0.25, 0.3) is 0 Å². The van der Waals surface area contributed by atoms with E-state index < -0.39 is 0 Å². The smallest absolute Gasteiger partial charge is 0.141 e. The summed E-state index contributed by atoms with van der Waals surface area (Å²) in [4.78, 5) is 0. The highest BCUT2D eigenvalue weighted by Crippen LogP contribution is 2.25. The summed E-state index contributed by atoms with van der Waals surface area (Å²) in [6.07, 6.45) is 1.89. The number of hydrogen-bond donors (Lipinski definition) is 0. The molecule has 3 nitrogen and oxygen atoms in total. The van der Waals surface area contributed by atoms with E-state index in [4.69, 9.17) is 9.47 Å². The number of quaternary nitrogens is 1. The second kappa shape index (κ2) is 11.7. The highest BCUT2D eigenvalue weighted by molar-refractivity contribution is 5.30. The van der Waals surface area contributed by atoms with E-state index in [1.54, 1.807) is 0 Å². The molecule has 3 rings (SSSR count). The molecule has 148 valence electrons. The van der Waals surface area contributed by atoms with Gasteiger partial charge in [0.25, 0.3) is 0 Å².